The number of aromatic nitrogens is 3. The summed E-state index contributed by atoms with van der Waals surface area (Å²) in [5, 5.41) is 9.73. The molecule has 0 saturated carbocycles. The van der Waals surface area contributed by atoms with E-state index in [4.69, 9.17) is 5.84 Å². The van der Waals surface area contributed by atoms with Gasteiger partial charge in [-0.15, -0.1) is 10.2 Å². The first kappa shape index (κ1) is 18.5. The number of nitrogens with zero attached hydrogens (tertiary/aromatic N) is 3. The second-order valence-corrected chi connectivity index (χ2v) is 5.39. The summed E-state index contributed by atoms with van der Waals surface area (Å²) in [6.45, 7) is 0. The zero-order valence-corrected chi connectivity index (χ0v) is 13.0. The lowest BCUT2D eigenvalue weighted by atomic mass is 10.3. The number of rotatable bonds is 4. The molecule has 25 heavy (non-hydrogen) atoms. The van der Waals surface area contributed by atoms with Gasteiger partial charge in [0.25, 0.3) is 5.82 Å². The Morgan fingerprint density at radius 1 is 1.24 bits per heavy atom. The number of benzene rings is 1. The van der Waals surface area contributed by atoms with Gasteiger partial charge in [0, 0.05) is 0 Å². The Labute approximate surface area is 141 Å². The lowest BCUT2D eigenvalue weighted by molar-refractivity contribution is -0.146. The second kappa shape index (κ2) is 7.38. The molecule has 0 radical (unpaired) electrons. The number of nitrogen functional groups attached to an aromatic ring is 1. The van der Waals surface area contributed by atoms with Crippen molar-refractivity contribution in [1.82, 2.24) is 20.2 Å². The van der Waals surface area contributed by atoms with E-state index in [0.717, 1.165) is 6.07 Å². The number of para-hydroxylation sites is 1. The lowest BCUT2D eigenvalue weighted by Gasteiger charge is -2.07. The highest BCUT2D eigenvalue weighted by atomic mass is 32.2. The van der Waals surface area contributed by atoms with Crippen LogP contribution in [0.5, 0.6) is 0 Å². The fraction of sp³-hybridized carbons (Fsp3) is 0.167. The number of thioether (sulfide) groups is 1. The van der Waals surface area contributed by atoms with Crippen LogP contribution < -0.4 is 16.5 Å². The highest BCUT2D eigenvalue weighted by Crippen LogP contribution is 2.28. The molecule has 1 aromatic heterocycles. The van der Waals surface area contributed by atoms with Crippen molar-refractivity contribution in [2.75, 3.05) is 16.9 Å². The first-order chi connectivity index (χ1) is 11.7. The largest absolute Gasteiger partial charge is 0.453 e. The van der Waals surface area contributed by atoms with Gasteiger partial charge in [0.2, 0.25) is 11.1 Å². The molecule has 1 heterocycles. The number of amides is 3. The molecular weight excluding hydrogens is 368 g/mol. The van der Waals surface area contributed by atoms with E-state index in [1.54, 1.807) is 0 Å². The van der Waals surface area contributed by atoms with Crippen LogP contribution in [0.2, 0.25) is 0 Å². The highest BCUT2D eigenvalue weighted by molar-refractivity contribution is 7.99. The quantitative estimate of drug-likeness (QED) is 0.423. The van der Waals surface area contributed by atoms with E-state index in [1.807, 2.05) is 5.32 Å². The van der Waals surface area contributed by atoms with E-state index in [1.165, 1.54) is 18.2 Å². The van der Waals surface area contributed by atoms with Gasteiger partial charge in [-0.1, -0.05) is 23.9 Å². The summed E-state index contributed by atoms with van der Waals surface area (Å²) in [4.78, 5) is 23.2. The number of nitrogens with two attached hydrogens (primary N) is 1. The zero-order chi connectivity index (χ0) is 18.6. The molecule has 3 amide bonds. The molecule has 2 aromatic rings. The van der Waals surface area contributed by atoms with Gasteiger partial charge >= 0.3 is 12.2 Å². The Bertz CT molecular complexity index is 794. The summed E-state index contributed by atoms with van der Waals surface area (Å²) in [5.74, 6) is 1.76. The standard InChI is InChI=1S/C12H10F4N6O2S/c13-6-3-1-2-4-7(6)18-10(24)19-8(23)5-25-11-21-20-9(22(11)17)12(14,15)16/h1-4H,5,17H2,(H2,18,19,23,24). The van der Waals surface area contributed by atoms with Gasteiger partial charge in [-0.2, -0.15) is 13.2 Å². The van der Waals surface area contributed by atoms with Gasteiger partial charge in [-0.05, 0) is 12.1 Å². The van der Waals surface area contributed by atoms with E-state index in [2.05, 4.69) is 15.5 Å². The normalized spacial score (nSPS) is 11.2. The number of hydrogen-bond donors (Lipinski definition) is 3. The predicted octanol–water partition coefficient (Wildman–Crippen LogP) is 1.59. The molecule has 134 valence electrons. The third-order valence-corrected chi connectivity index (χ3v) is 3.57. The Kier molecular flexibility index (Phi) is 5.46. The molecule has 0 aliphatic heterocycles. The molecule has 8 nitrogen and oxygen atoms in total. The van der Waals surface area contributed by atoms with E-state index < -0.39 is 35.5 Å². The number of carbonyl (C=O) groups excluding carboxylic acids is 2. The van der Waals surface area contributed by atoms with Gasteiger partial charge in [-0.25, -0.2) is 13.9 Å². The maximum absolute atomic E-state index is 13.3. The van der Waals surface area contributed by atoms with Gasteiger partial charge in [0.1, 0.15) is 5.82 Å². The molecule has 0 atom stereocenters. The maximum atomic E-state index is 13.3. The first-order valence-electron chi connectivity index (χ1n) is 6.44. The fourth-order valence-electron chi connectivity index (χ4n) is 1.58. The third kappa shape index (κ3) is 4.82. The van der Waals surface area contributed by atoms with Crippen molar-refractivity contribution in [3.63, 3.8) is 0 Å². The first-order valence-corrected chi connectivity index (χ1v) is 7.43. The van der Waals surface area contributed by atoms with E-state index in [-0.39, 0.29) is 15.5 Å². The van der Waals surface area contributed by atoms with Crippen LogP contribution in [0.4, 0.5) is 28.0 Å². The SMILES string of the molecule is Nn1c(SCC(=O)NC(=O)Nc2ccccc2F)nnc1C(F)(F)F. The Morgan fingerprint density at radius 3 is 2.52 bits per heavy atom. The van der Waals surface area contributed by atoms with E-state index in [9.17, 15) is 27.2 Å². The Morgan fingerprint density at radius 2 is 1.92 bits per heavy atom. The number of urea groups is 1. The number of alkyl halides is 3. The predicted molar refractivity (Wildman–Crippen MR) is 79.5 cm³/mol. The van der Waals surface area contributed by atoms with Gasteiger partial charge in [-0.3, -0.25) is 10.1 Å². The number of anilines is 1. The Hall–Kier alpha value is -2.83. The molecule has 0 fully saturated rings. The zero-order valence-electron chi connectivity index (χ0n) is 12.2. The minimum absolute atomic E-state index is 0.142. The summed E-state index contributed by atoms with van der Waals surface area (Å²) in [6.07, 6.45) is -4.79. The van der Waals surface area contributed by atoms with Gasteiger partial charge < -0.3 is 11.2 Å². The second-order valence-electron chi connectivity index (χ2n) is 4.44. The van der Waals surface area contributed by atoms with E-state index >= 15 is 0 Å². The molecule has 0 spiro atoms. The summed E-state index contributed by atoms with van der Waals surface area (Å²) in [7, 11) is 0. The van der Waals surface area contributed by atoms with Gasteiger partial charge in [0.15, 0.2) is 0 Å². The number of imide groups is 1. The number of nitrogens with one attached hydrogen (secondary N) is 2. The van der Waals surface area contributed by atoms with Crippen LogP contribution in [0.15, 0.2) is 29.4 Å². The van der Waals surface area contributed by atoms with Crippen LogP contribution in [0.25, 0.3) is 0 Å². The van der Waals surface area contributed by atoms with Crippen LogP contribution in [0, 0.1) is 5.82 Å². The van der Waals surface area contributed by atoms with Crippen LogP contribution in [0.1, 0.15) is 5.82 Å². The van der Waals surface area contributed by atoms with E-state index in [0.29, 0.717) is 11.8 Å². The van der Waals surface area contributed by atoms with Crippen molar-refractivity contribution in [1.29, 1.82) is 0 Å². The van der Waals surface area contributed by atoms with Crippen molar-refractivity contribution in [2.24, 2.45) is 0 Å². The summed E-state index contributed by atoms with van der Waals surface area (Å²) >= 11 is 0.542. The molecule has 2 rings (SSSR count). The van der Waals surface area contributed by atoms with Crippen molar-refractivity contribution in [3.8, 4) is 0 Å². The molecule has 0 unspecified atom stereocenters. The van der Waals surface area contributed by atoms with Crippen molar-refractivity contribution < 1.29 is 27.2 Å². The summed E-state index contributed by atoms with van der Waals surface area (Å²) in [5.41, 5.74) is -0.142. The fourth-order valence-corrected chi connectivity index (χ4v) is 2.23. The molecule has 0 aliphatic rings. The monoisotopic (exact) mass is 378 g/mol. The topological polar surface area (TPSA) is 115 Å². The average Bonchev–Trinajstić information content (AvgIpc) is 2.88. The molecule has 4 N–H and O–H groups in total. The summed E-state index contributed by atoms with van der Waals surface area (Å²) < 4.78 is 51.0. The minimum atomic E-state index is -4.79. The van der Waals surface area contributed by atoms with Crippen LogP contribution in [0.3, 0.4) is 0 Å². The maximum Gasteiger partial charge on any atom is 0.453 e. The molecule has 0 saturated heterocycles. The van der Waals surface area contributed by atoms with Gasteiger partial charge in [0.05, 0.1) is 11.4 Å². The lowest BCUT2D eigenvalue weighted by Crippen LogP contribution is -2.35. The van der Waals surface area contributed by atoms with Crippen molar-refractivity contribution in [3.05, 3.63) is 35.9 Å². The third-order valence-electron chi connectivity index (χ3n) is 2.63. The summed E-state index contributed by atoms with van der Waals surface area (Å²) in [6, 6.07) is 4.28. The van der Waals surface area contributed by atoms with Crippen LogP contribution in [-0.2, 0) is 11.0 Å². The smallest absolute Gasteiger partial charge is 0.335 e. The molecule has 0 bridgehead atoms. The molecule has 1 aromatic carbocycles. The average molecular weight is 378 g/mol. The number of hydrogen-bond acceptors (Lipinski definition) is 6. The molecular formula is C12H10F4N6O2S. The minimum Gasteiger partial charge on any atom is -0.335 e. The molecule has 13 heteroatoms. The number of halogens is 4. The van der Waals surface area contributed by atoms with Crippen molar-refractivity contribution in [2.45, 2.75) is 11.3 Å². The highest BCUT2D eigenvalue weighted by Gasteiger charge is 2.38. The van der Waals surface area contributed by atoms with Crippen LogP contribution in [-0.4, -0.2) is 32.6 Å². The molecule has 0 aliphatic carbocycles. The Balaban J connectivity index is 1.88. The number of carbonyl (C=O) groups is 2. The van der Waals surface area contributed by atoms with Crippen LogP contribution >= 0.6 is 11.8 Å². The van der Waals surface area contributed by atoms with Crippen molar-refractivity contribution >= 4 is 29.4 Å².